The fourth-order valence-corrected chi connectivity index (χ4v) is 11.1. The second-order valence-corrected chi connectivity index (χ2v) is 16.6. The highest BCUT2D eigenvalue weighted by Crippen LogP contribution is 2.73. The van der Waals surface area contributed by atoms with Gasteiger partial charge in [0.1, 0.15) is 0 Å². The van der Waals surface area contributed by atoms with Crippen molar-refractivity contribution in [2.45, 2.75) is 86.1 Å². The first kappa shape index (κ1) is 35.5. The minimum atomic E-state index is -0.242. The predicted octanol–water partition coefficient (Wildman–Crippen LogP) is 12.2. The van der Waals surface area contributed by atoms with Crippen molar-refractivity contribution in [3.8, 4) is 0 Å². The summed E-state index contributed by atoms with van der Waals surface area (Å²) in [5.41, 5.74) is 12.7. The van der Waals surface area contributed by atoms with E-state index < -0.39 is 0 Å². The van der Waals surface area contributed by atoms with E-state index in [2.05, 4.69) is 158 Å². The molecule has 2 aliphatic heterocycles. The molecule has 4 aliphatic rings. The molecule has 0 bridgehead atoms. The average Bonchev–Trinajstić information content (AvgIpc) is 3.85. The summed E-state index contributed by atoms with van der Waals surface area (Å²) in [7, 11) is 0. The molecule has 4 nitrogen and oxygen atoms in total. The van der Waals surface area contributed by atoms with Crippen LogP contribution in [-0.2, 0) is 5.41 Å². The topological polar surface area (TPSA) is 41.4 Å². The second kappa shape index (κ2) is 14.9. The van der Waals surface area contributed by atoms with E-state index in [0.717, 1.165) is 43.4 Å². The Morgan fingerprint density at radius 1 is 0.667 bits per heavy atom. The highest BCUT2D eigenvalue weighted by Gasteiger charge is 2.74. The van der Waals surface area contributed by atoms with Gasteiger partial charge in [-0.3, -0.25) is 15.0 Å². The molecule has 0 radical (unpaired) electrons. The van der Waals surface area contributed by atoms with Gasteiger partial charge in [0.25, 0.3) is 0 Å². The van der Waals surface area contributed by atoms with Crippen molar-refractivity contribution in [3.63, 3.8) is 0 Å². The molecule has 0 spiro atoms. The molecule has 2 saturated carbocycles. The van der Waals surface area contributed by atoms with Crippen LogP contribution >= 0.6 is 0 Å². The summed E-state index contributed by atoms with van der Waals surface area (Å²) in [6.45, 7) is 6.56. The van der Waals surface area contributed by atoms with Gasteiger partial charge >= 0.3 is 0 Å². The molecule has 2 aliphatic carbocycles. The molecule has 10 rings (SSSR count). The number of pyridine rings is 2. The number of allylic oxidation sites excluding steroid dienone is 3. The average molecular weight is 743 g/mol. The van der Waals surface area contributed by atoms with Crippen molar-refractivity contribution in [3.05, 3.63) is 227 Å². The zero-order valence-corrected chi connectivity index (χ0v) is 32.7. The quantitative estimate of drug-likeness (QED) is 0.131. The standard InChI is InChI=1S/C53H50N4/c1-3-5-18-36(4-2)50-48(38-19-8-6-9-20-38)51-44-23-12-13-24-45(44)53(49(52(53)57(51)56-50)39-21-10-7-11-22-39)43-29-27-37(28-30-43)40-33-41(46-25-14-16-31-54-46)35-42(34-40)47-26-15-17-32-55-47/h4,6-32,40-42,48-49,51-52H,2-3,5,33-35H2,1H3/b36-18+. The summed E-state index contributed by atoms with van der Waals surface area (Å²) >= 11 is 0. The van der Waals surface area contributed by atoms with Gasteiger partial charge in [-0.1, -0.05) is 153 Å². The van der Waals surface area contributed by atoms with E-state index in [9.17, 15) is 0 Å². The number of fused-ring (bicyclic) bond motifs is 6. The van der Waals surface area contributed by atoms with E-state index in [4.69, 9.17) is 15.1 Å². The molecule has 4 aromatic carbocycles. The number of aromatic nitrogens is 2. The maximum absolute atomic E-state index is 5.72. The number of nitrogens with zero attached hydrogens (tertiary/aromatic N) is 4. The fraction of sp³-hybridized carbons (Fsp3) is 0.264. The van der Waals surface area contributed by atoms with Gasteiger partial charge in [-0.25, -0.2) is 0 Å². The van der Waals surface area contributed by atoms with Gasteiger partial charge in [0.15, 0.2) is 0 Å². The monoisotopic (exact) mass is 742 g/mol. The Bertz CT molecular complexity index is 2360. The lowest BCUT2D eigenvalue weighted by Gasteiger charge is -2.38. The molecule has 0 amide bonds. The third-order valence-electron chi connectivity index (χ3n) is 13.6. The van der Waals surface area contributed by atoms with Crippen LogP contribution in [-0.4, -0.2) is 26.7 Å². The Hall–Kier alpha value is -5.87. The van der Waals surface area contributed by atoms with Crippen LogP contribution in [0.2, 0.25) is 0 Å². The smallest absolute Gasteiger partial charge is 0.0852 e. The maximum Gasteiger partial charge on any atom is 0.0852 e. The summed E-state index contributed by atoms with van der Waals surface area (Å²) in [6, 6.07) is 54.4. The van der Waals surface area contributed by atoms with Gasteiger partial charge < -0.3 is 0 Å². The second-order valence-electron chi connectivity index (χ2n) is 16.6. The van der Waals surface area contributed by atoms with Crippen LogP contribution in [0, 0.1) is 0 Å². The van der Waals surface area contributed by atoms with Crippen molar-refractivity contribution < 1.29 is 0 Å². The Kier molecular flexibility index (Phi) is 9.29. The van der Waals surface area contributed by atoms with E-state index in [1.807, 2.05) is 30.6 Å². The van der Waals surface area contributed by atoms with E-state index in [-0.39, 0.29) is 29.3 Å². The van der Waals surface area contributed by atoms with Crippen molar-refractivity contribution in [1.82, 2.24) is 15.0 Å². The Balaban J connectivity index is 1.09. The number of hydrazone groups is 1. The minimum Gasteiger partial charge on any atom is -0.283 e. The molecule has 57 heavy (non-hydrogen) atoms. The number of hydrogen-bond acceptors (Lipinski definition) is 4. The van der Waals surface area contributed by atoms with Gasteiger partial charge in [-0.2, -0.15) is 5.10 Å². The van der Waals surface area contributed by atoms with Gasteiger partial charge in [0.05, 0.1) is 29.1 Å². The van der Waals surface area contributed by atoms with E-state index in [1.165, 1.54) is 44.8 Å². The fourth-order valence-electron chi connectivity index (χ4n) is 11.1. The molecular weight excluding hydrogens is 693 g/mol. The lowest BCUT2D eigenvalue weighted by Crippen LogP contribution is -2.37. The Morgan fingerprint density at radius 2 is 1.26 bits per heavy atom. The van der Waals surface area contributed by atoms with Crippen LogP contribution in [0.1, 0.15) is 119 Å². The van der Waals surface area contributed by atoms with Gasteiger partial charge in [-0.15, -0.1) is 0 Å². The largest absolute Gasteiger partial charge is 0.283 e. The molecule has 2 fully saturated rings. The zero-order valence-electron chi connectivity index (χ0n) is 32.7. The van der Waals surface area contributed by atoms with Crippen LogP contribution in [0.3, 0.4) is 0 Å². The Morgan fingerprint density at radius 3 is 1.88 bits per heavy atom. The number of unbranched alkanes of at least 4 members (excludes halogenated alkanes) is 1. The van der Waals surface area contributed by atoms with Gasteiger partial charge in [0, 0.05) is 41.5 Å². The van der Waals surface area contributed by atoms with Gasteiger partial charge in [0.2, 0.25) is 0 Å². The number of benzene rings is 4. The highest BCUT2D eigenvalue weighted by atomic mass is 15.5. The lowest BCUT2D eigenvalue weighted by atomic mass is 9.70. The van der Waals surface area contributed by atoms with Crippen LogP contribution < -0.4 is 0 Å². The predicted molar refractivity (Wildman–Crippen MR) is 232 cm³/mol. The Labute approximate surface area is 337 Å². The zero-order chi connectivity index (χ0) is 38.3. The molecule has 282 valence electrons. The molecular formula is C53H50N4. The van der Waals surface area contributed by atoms with Crippen LogP contribution in [0.25, 0.3) is 0 Å². The van der Waals surface area contributed by atoms with Crippen molar-refractivity contribution in [2.75, 3.05) is 0 Å². The van der Waals surface area contributed by atoms with E-state index in [1.54, 1.807) is 0 Å². The molecule has 0 N–H and O–H groups in total. The molecule has 2 aromatic heterocycles. The third-order valence-corrected chi connectivity index (χ3v) is 13.6. The van der Waals surface area contributed by atoms with E-state index in [0.29, 0.717) is 17.8 Å². The minimum absolute atomic E-state index is 0.0870. The highest BCUT2D eigenvalue weighted by molar-refractivity contribution is 6.08. The molecule has 4 heteroatoms. The van der Waals surface area contributed by atoms with Crippen molar-refractivity contribution >= 4 is 5.71 Å². The molecule has 7 atom stereocenters. The lowest BCUT2D eigenvalue weighted by molar-refractivity contribution is 0.183. The molecule has 6 aromatic rings. The molecule has 0 saturated heterocycles. The summed E-state index contributed by atoms with van der Waals surface area (Å²) in [5.74, 6) is 1.53. The summed E-state index contributed by atoms with van der Waals surface area (Å²) in [4.78, 5) is 9.70. The normalized spacial score (nSPS) is 27.5. The summed E-state index contributed by atoms with van der Waals surface area (Å²) in [5, 5.41) is 8.25. The number of rotatable bonds is 10. The van der Waals surface area contributed by atoms with Crippen molar-refractivity contribution in [2.24, 2.45) is 5.10 Å². The maximum atomic E-state index is 5.72. The van der Waals surface area contributed by atoms with Crippen molar-refractivity contribution in [1.29, 1.82) is 0 Å². The number of hydrogen-bond donors (Lipinski definition) is 0. The van der Waals surface area contributed by atoms with Gasteiger partial charge in [-0.05, 0) is 94.8 Å². The first-order chi connectivity index (χ1) is 28.2. The first-order valence-electron chi connectivity index (χ1n) is 21.0. The molecule has 4 heterocycles. The molecule has 7 unspecified atom stereocenters. The summed E-state index contributed by atoms with van der Waals surface area (Å²) in [6.07, 6.45) is 13.6. The SMILES string of the molecule is C=C/C(=C\CCC)C1=NN2C(c3ccccc3C3(c4ccc(C5CC(c6ccccn6)CC(c6ccccn6)C5)cc4)C(c4ccccc4)C23)C1c1ccccc1. The van der Waals surface area contributed by atoms with E-state index >= 15 is 0 Å². The van der Waals surface area contributed by atoms with Crippen LogP contribution in [0.15, 0.2) is 187 Å². The summed E-state index contributed by atoms with van der Waals surface area (Å²) < 4.78 is 0. The first-order valence-corrected chi connectivity index (χ1v) is 21.0. The van der Waals surface area contributed by atoms with Crippen LogP contribution in [0.4, 0.5) is 0 Å². The third kappa shape index (κ3) is 6.00. The van der Waals surface area contributed by atoms with Crippen LogP contribution in [0.5, 0.6) is 0 Å².